The predicted octanol–water partition coefficient (Wildman–Crippen LogP) is 2.48. The Hall–Kier alpha value is -2.66. The SMILES string of the molecule is Nc1cc(OC2CCC(N=C3CC(O)(C(F)(F)F)ON3)CC2)c2nccnc2c1. The van der Waals surface area contributed by atoms with Crippen molar-refractivity contribution in [1.82, 2.24) is 15.4 Å². The summed E-state index contributed by atoms with van der Waals surface area (Å²) in [5.41, 5.74) is 9.81. The van der Waals surface area contributed by atoms with Crippen molar-refractivity contribution in [3.8, 4) is 5.75 Å². The number of nitrogen functional groups attached to an aromatic ring is 1. The van der Waals surface area contributed by atoms with Crippen molar-refractivity contribution in [1.29, 1.82) is 0 Å². The maximum atomic E-state index is 12.8. The molecule has 1 atom stereocenters. The summed E-state index contributed by atoms with van der Waals surface area (Å²) < 4.78 is 44.5. The highest BCUT2D eigenvalue weighted by atomic mass is 19.4. The molecule has 1 aromatic heterocycles. The third-order valence-corrected chi connectivity index (χ3v) is 5.02. The number of ether oxygens (including phenoxy) is 1. The Morgan fingerprint density at radius 1 is 1.21 bits per heavy atom. The highest BCUT2D eigenvalue weighted by Crippen LogP contribution is 2.37. The Morgan fingerprint density at radius 2 is 1.93 bits per heavy atom. The summed E-state index contributed by atoms with van der Waals surface area (Å²) in [5.74, 6) is -2.68. The molecule has 11 heteroatoms. The summed E-state index contributed by atoms with van der Waals surface area (Å²) in [6, 6.07) is 3.26. The average Bonchev–Trinajstić information content (AvgIpc) is 3.05. The van der Waals surface area contributed by atoms with Crippen molar-refractivity contribution in [2.45, 2.75) is 56.2 Å². The number of benzene rings is 1. The van der Waals surface area contributed by atoms with Gasteiger partial charge < -0.3 is 15.6 Å². The lowest BCUT2D eigenvalue weighted by atomic mass is 9.93. The molecule has 1 aliphatic carbocycles. The minimum absolute atomic E-state index is 0.00806. The molecule has 1 aliphatic heterocycles. The number of nitrogens with two attached hydrogens (primary N) is 1. The number of aromatic nitrogens is 2. The number of alkyl halides is 3. The summed E-state index contributed by atoms with van der Waals surface area (Å²) in [6.45, 7) is 0. The topological polar surface area (TPSA) is 115 Å². The summed E-state index contributed by atoms with van der Waals surface area (Å²) in [6.07, 6.45) is 0.0300. The zero-order chi connectivity index (χ0) is 20.6. The van der Waals surface area contributed by atoms with Crippen LogP contribution in [0.1, 0.15) is 32.1 Å². The first-order chi connectivity index (χ1) is 13.7. The van der Waals surface area contributed by atoms with Crippen molar-refractivity contribution in [2.75, 3.05) is 5.73 Å². The number of fused-ring (bicyclic) bond motifs is 1. The third kappa shape index (κ3) is 4.06. The number of hydrogen-bond donors (Lipinski definition) is 3. The molecule has 29 heavy (non-hydrogen) atoms. The quantitative estimate of drug-likeness (QED) is 0.665. The van der Waals surface area contributed by atoms with E-state index in [0.717, 1.165) is 0 Å². The Labute approximate surface area is 163 Å². The zero-order valence-corrected chi connectivity index (χ0v) is 15.3. The number of aliphatic hydroxyl groups is 1. The minimum atomic E-state index is -4.90. The van der Waals surface area contributed by atoms with Crippen LogP contribution in [0.25, 0.3) is 11.0 Å². The molecule has 0 bridgehead atoms. The fraction of sp³-hybridized carbons (Fsp3) is 0.500. The number of aliphatic imine (C=N–C) groups is 1. The van der Waals surface area contributed by atoms with Crippen molar-refractivity contribution in [3.05, 3.63) is 24.5 Å². The lowest BCUT2D eigenvalue weighted by Crippen LogP contribution is -2.45. The van der Waals surface area contributed by atoms with Gasteiger partial charge in [0.25, 0.3) is 5.79 Å². The average molecular weight is 411 g/mol. The fourth-order valence-corrected chi connectivity index (χ4v) is 3.52. The van der Waals surface area contributed by atoms with E-state index >= 15 is 0 Å². The Balaban J connectivity index is 1.37. The van der Waals surface area contributed by atoms with E-state index in [1.165, 1.54) is 0 Å². The first kappa shape index (κ1) is 19.6. The van der Waals surface area contributed by atoms with Crippen LogP contribution < -0.4 is 16.0 Å². The molecule has 2 fully saturated rings. The largest absolute Gasteiger partial charge is 0.488 e. The molecule has 1 aromatic carbocycles. The third-order valence-electron chi connectivity index (χ3n) is 5.02. The number of hydrogen-bond acceptors (Lipinski definition) is 7. The van der Waals surface area contributed by atoms with Gasteiger partial charge in [0, 0.05) is 24.1 Å². The molecule has 0 spiro atoms. The Morgan fingerprint density at radius 3 is 2.62 bits per heavy atom. The maximum Gasteiger partial charge on any atom is 0.445 e. The number of hydroxylamine groups is 1. The highest BCUT2D eigenvalue weighted by Gasteiger charge is 2.60. The molecule has 1 saturated carbocycles. The summed E-state index contributed by atoms with van der Waals surface area (Å²) in [4.78, 5) is 17.1. The van der Waals surface area contributed by atoms with E-state index in [-0.39, 0.29) is 18.0 Å². The lowest BCUT2D eigenvalue weighted by Gasteiger charge is -2.27. The monoisotopic (exact) mass is 411 g/mol. The van der Waals surface area contributed by atoms with Crippen molar-refractivity contribution < 1.29 is 27.9 Å². The van der Waals surface area contributed by atoms with Gasteiger partial charge in [-0.1, -0.05) is 0 Å². The fourth-order valence-electron chi connectivity index (χ4n) is 3.52. The molecular weight excluding hydrogens is 391 g/mol. The highest BCUT2D eigenvalue weighted by molar-refractivity contribution is 5.84. The second kappa shape index (κ2) is 7.30. The van der Waals surface area contributed by atoms with Gasteiger partial charge in [-0.3, -0.25) is 9.98 Å². The summed E-state index contributed by atoms with van der Waals surface area (Å²) >= 11 is 0. The standard InChI is InChI=1S/C18H20F3N5O3/c19-18(20,21)17(27)9-15(26-29-17)25-11-1-3-12(4-2-11)28-14-8-10(22)7-13-16(14)24-6-5-23-13/h5-8,11-12,27H,1-4,9,22H2,(H,25,26). The Bertz CT molecular complexity index is 931. The predicted molar refractivity (Wildman–Crippen MR) is 97.9 cm³/mol. The number of amidine groups is 1. The molecule has 4 N–H and O–H groups in total. The molecule has 8 nitrogen and oxygen atoms in total. The van der Waals surface area contributed by atoms with E-state index in [4.69, 9.17) is 10.5 Å². The molecule has 4 rings (SSSR count). The van der Waals surface area contributed by atoms with Gasteiger partial charge in [0.15, 0.2) is 0 Å². The van der Waals surface area contributed by atoms with Gasteiger partial charge >= 0.3 is 6.18 Å². The number of nitrogens with one attached hydrogen (secondary N) is 1. The normalized spacial score (nSPS) is 29.2. The van der Waals surface area contributed by atoms with Gasteiger partial charge in [-0.2, -0.15) is 13.2 Å². The lowest BCUT2D eigenvalue weighted by molar-refractivity contribution is -0.361. The van der Waals surface area contributed by atoms with Crippen molar-refractivity contribution >= 4 is 22.6 Å². The molecule has 2 aromatic rings. The van der Waals surface area contributed by atoms with Gasteiger partial charge in [-0.15, -0.1) is 0 Å². The second-order valence-corrected chi connectivity index (χ2v) is 7.23. The van der Waals surface area contributed by atoms with Gasteiger partial charge in [-0.25, -0.2) is 15.3 Å². The van der Waals surface area contributed by atoms with Crippen molar-refractivity contribution in [3.63, 3.8) is 0 Å². The number of anilines is 1. The Kier molecular flexibility index (Phi) is 4.95. The maximum absolute atomic E-state index is 12.8. The molecule has 0 amide bonds. The minimum Gasteiger partial charge on any atom is -0.488 e. The van der Waals surface area contributed by atoms with Crippen LogP contribution in [0, 0.1) is 0 Å². The molecule has 2 aliphatic rings. The summed E-state index contributed by atoms with van der Waals surface area (Å²) in [7, 11) is 0. The van der Waals surface area contributed by atoms with Crippen LogP contribution in [0.15, 0.2) is 29.5 Å². The zero-order valence-electron chi connectivity index (χ0n) is 15.3. The van der Waals surface area contributed by atoms with Gasteiger partial charge in [0.2, 0.25) is 0 Å². The molecule has 1 saturated heterocycles. The summed E-state index contributed by atoms with van der Waals surface area (Å²) in [5, 5.41) is 9.51. The van der Waals surface area contributed by atoms with Crippen LogP contribution in [0.2, 0.25) is 0 Å². The van der Waals surface area contributed by atoms with E-state index in [1.807, 2.05) is 0 Å². The van der Waals surface area contributed by atoms with Gasteiger partial charge in [-0.05, 0) is 31.7 Å². The van der Waals surface area contributed by atoms with E-state index in [2.05, 4.69) is 25.3 Å². The second-order valence-electron chi connectivity index (χ2n) is 7.23. The number of nitrogens with zero attached hydrogens (tertiary/aromatic N) is 3. The molecule has 156 valence electrons. The van der Waals surface area contributed by atoms with Gasteiger partial charge in [0.1, 0.15) is 17.1 Å². The number of halogens is 3. The molecule has 1 unspecified atom stereocenters. The molecule has 2 heterocycles. The van der Waals surface area contributed by atoms with Crippen LogP contribution in [0.3, 0.4) is 0 Å². The smallest absolute Gasteiger partial charge is 0.445 e. The van der Waals surface area contributed by atoms with Crippen LogP contribution in [0.5, 0.6) is 5.75 Å². The van der Waals surface area contributed by atoms with E-state index in [1.54, 1.807) is 24.5 Å². The van der Waals surface area contributed by atoms with Crippen molar-refractivity contribution in [2.24, 2.45) is 4.99 Å². The molecular formula is C18H20F3N5O3. The van der Waals surface area contributed by atoms with Gasteiger partial charge in [0.05, 0.1) is 24.1 Å². The van der Waals surface area contributed by atoms with Crippen LogP contribution in [-0.4, -0.2) is 45.0 Å². The van der Waals surface area contributed by atoms with Crippen LogP contribution >= 0.6 is 0 Å². The first-order valence-electron chi connectivity index (χ1n) is 9.20. The number of rotatable bonds is 3. The van der Waals surface area contributed by atoms with E-state index in [0.29, 0.717) is 48.2 Å². The molecule has 0 radical (unpaired) electrons. The van der Waals surface area contributed by atoms with E-state index in [9.17, 15) is 18.3 Å². The van der Waals surface area contributed by atoms with Crippen LogP contribution in [-0.2, 0) is 4.84 Å². The first-order valence-corrected chi connectivity index (χ1v) is 9.20. The van der Waals surface area contributed by atoms with Crippen LogP contribution in [0.4, 0.5) is 18.9 Å². The van der Waals surface area contributed by atoms with E-state index < -0.39 is 18.4 Å².